The van der Waals surface area contributed by atoms with Crippen LogP contribution in [0.5, 0.6) is 0 Å². The van der Waals surface area contributed by atoms with Crippen molar-refractivity contribution >= 4 is 6.16 Å². The Labute approximate surface area is 54.0 Å². The van der Waals surface area contributed by atoms with Crippen LogP contribution < -0.4 is 0 Å². The minimum Gasteiger partial charge on any atom is -0.311 e. The maximum atomic E-state index is 11.8. The van der Waals surface area contributed by atoms with Crippen LogP contribution >= 0.6 is 0 Å². The van der Waals surface area contributed by atoms with E-state index >= 15 is 0 Å². The van der Waals surface area contributed by atoms with Gasteiger partial charge in [0.25, 0.3) is 0 Å². The van der Waals surface area contributed by atoms with Crippen LogP contribution in [-0.4, -0.2) is 24.2 Å². The Bertz CT molecular complexity index is 114. The van der Waals surface area contributed by atoms with Gasteiger partial charge in [-0.1, -0.05) is 6.08 Å². The van der Waals surface area contributed by atoms with Crippen molar-refractivity contribution in [2.75, 3.05) is 13.1 Å². The van der Waals surface area contributed by atoms with E-state index in [0.717, 1.165) is 4.90 Å². The zero-order valence-electron chi connectivity index (χ0n) is 5.43. The lowest BCUT2D eigenvalue weighted by Crippen LogP contribution is -2.26. The Morgan fingerprint density at radius 3 is 2.56 bits per heavy atom. The molecule has 0 unspecified atom stereocenters. The van der Waals surface area contributed by atoms with Crippen LogP contribution in [0.1, 0.15) is 6.92 Å². The highest BCUT2D eigenvalue weighted by atomic mass is 19.1. The van der Waals surface area contributed by atoms with E-state index < -0.39 is 6.16 Å². The van der Waals surface area contributed by atoms with Gasteiger partial charge in [-0.2, -0.15) is 0 Å². The van der Waals surface area contributed by atoms with Crippen molar-refractivity contribution in [3.63, 3.8) is 0 Å². The van der Waals surface area contributed by atoms with Gasteiger partial charge >= 0.3 is 6.16 Å². The standard InChI is InChI=1S/C6H10FNO/c1-3-5-8(4-2)6(7)9/h3H,1,4-5H2,2H3. The van der Waals surface area contributed by atoms with E-state index in [1.54, 1.807) is 6.92 Å². The number of hydrogen-bond donors (Lipinski definition) is 0. The minimum atomic E-state index is -1.39. The number of carbonyl (C=O) groups is 1. The minimum absolute atomic E-state index is 0.284. The maximum absolute atomic E-state index is 11.8. The average Bonchev–Trinajstić information content (AvgIpc) is 1.82. The number of rotatable bonds is 3. The molecule has 0 spiro atoms. The molecule has 9 heavy (non-hydrogen) atoms. The van der Waals surface area contributed by atoms with E-state index in [0.29, 0.717) is 6.54 Å². The largest absolute Gasteiger partial charge is 0.400 e. The smallest absolute Gasteiger partial charge is 0.311 e. The molecule has 0 radical (unpaired) electrons. The van der Waals surface area contributed by atoms with Gasteiger partial charge in [0, 0.05) is 13.1 Å². The van der Waals surface area contributed by atoms with E-state index in [4.69, 9.17) is 0 Å². The Kier molecular flexibility index (Phi) is 3.67. The molecule has 0 saturated carbocycles. The molecule has 0 aliphatic rings. The highest BCUT2D eigenvalue weighted by Crippen LogP contribution is 1.91. The fraction of sp³-hybridized carbons (Fsp3) is 0.500. The maximum Gasteiger partial charge on any atom is 0.400 e. The molecule has 0 heterocycles. The second-order valence-electron chi connectivity index (χ2n) is 1.58. The molecule has 0 aliphatic carbocycles. The second-order valence-corrected chi connectivity index (χ2v) is 1.58. The number of hydrogen-bond acceptors (Lipinski definition) is 1. The van der Waals surface area contributed by atoms with Crippen LogP contribution in [0.2, 0.25) is 0 Å². The van der Waals surface area contributed by atoms with Gasteiger partial charge in [0.15, 0.2) is 0 Å². The van der Waals surface area contributed by atoms with Crippen molar-refractivity contribution in [1.82, 2.24) is 4.90 Å². The molecule has 0 aromatic rings. The molecule has 0 aromatic heterocycles. The van der Waals surface area contributed by atoms with Crippen molar-refractivity contribution in [3.8, 4) is 0 Å². The van der Waals surface area contributed by atoms with Gasteiger partial charge in [0.05, 0.1) is 0 Å². The monoisotopic (exact) mass is 131 g/mol. The van der Waals surface area contributed by atoms with Crippen LogP contribution in [0.4, 0.5) is 9.18 Å². The van der Waals surface area contributed by atoms with Crippen molar-refractivity contribution in [2.45, 2.75) is 6.92 Å². The van der Waals surface area contributed by atoms with Crippen LogP contribution in [-0.2, 0) is 0 Å². The molecule has 2 nitrogen and oxygen atoms in total. The molecule has 0 aromatic carbocycles. The van der Waals surface area contributed by atoms with Crippen molar-refractivity contribution in [1.29, 1.82) is 0 Å². The SMILES string of the molecule is C=CCN(CC)C(=O)F. The second kappa shape index (κ2) is 4.06. The summed E-state index contributed by atoms with van der Waals surface area (Å²) in [5.74, 6) is 0. The van der Waals surface area contributed by atoms with Crippen LogP contribution in [0.25, 0.3) is 0 Å². The lowest BCUT2D eigenvalue weighted by molar-refractivity contribution is 0.182. The number of amides is 1. The molecule has 0 atom stereocenters. The third kappa shape index (κ3) is 2.85. The summed E-state index contributed by atoms with van der Waals surface area (Å²) in [6, 6.07) is 0. The summed E-state index contributed by atoms with van der Waals surface area (Å²) in [4.78, 5) is 11.0. The number of halogens is 1. The summed E-state index contributed by atoms with van der Waals surface area (Å²) in [5.41, 5.74) is 0. The molecule has 3 heteroatoms. The fourth-order valence-electron chi connectivity index (χ4n) is 0.481. The lowest BCUT2D eigenvalue weighted by atomic mass is 10.5. The van der Waals surface area contributed by atoms with Crippen molar-refractivity contribution < 1.29 is 9.18 Å². The van der Waals surface area contributed by atoms with E-state index in [1.807, 2.05) is 0 Å². The molecular formula is C6H10FNO. The Morgan fingerprint density at radius 2 is 2.44 bits per heavy atom. The first-order valence-corrected chi connectivity index (χ1v) is 2.77. The molecule has 52 valence electrons. The fourth-order valence-corrected chi connectivity index (χ4v) is 0.481. The van der Waals surface area contributed by atoms with Gasteiger partial charge in [-0.15, -0.1) is 11.0 Å². The highest BCUT2D eigenvalue weighted by Gasteiger charge is 2.05. The molecule has 0 N–H and O–H groups in total. The molecule has 0 aliphatic heterocycles. The summed E-state index contributed by atoms with van der Waals surface area (Å²) < 4.78 is 11.8. The third-order valence-corrected chi connectivity index (χ3v) is 0.980. The van der Waals surface area contributed by atoms with Gasteiger partial charge in [-0.3, -0.25) is 0 Å². The van der Waals surface area contributed by atoms with E-state index in [-0.39, 0.29) is 6.54 Å². The first kappa shape index (κ1) is 8.14. The zero-order chi connectivity index (χ0) is 7.28. The van der Waals surface area contributed by atoms with E-state index in [2.05, 4.69) is 6.58 Å². The van der Waals surface area contributed by atoms with E-state index in [9.17, 15) is 9.18 Å². The Balaban J connectivity index is 3.67. The molecular weight excluding hydrogens is 121 g/mol. The first-order valence-electron chi connectivity index (χ1n) is 2.77. The van der Waals surface area contributed by atoms with Gasteiger partial charge in [-0.25, -0.2) is 4.79 Å². The summed E-state index contributed by atoms with van der Waals surface area (Å²) in [5, 5.41) is 0. The summed E-state index contributed by atoms with van der Waals surface area (Å²) in [6.07, 6.45) is 0.0958. The summed E-state index contributed by atoms with van der Waals surface area (Å²) in [6.45, 7) is 5.75. The zero-order valence-corrected chi connectivity index (χ0v) is 5.43. The molecule has 0 fully saturated rings. The topological polar surface area (TPSA) is 20.3 Å². The normalized spacial score (nSPS) is 8.67. The number of likely N-dealkylation sites (N-methyl/N-ethyl adjacent to an activating group) is 1. The number of carbonyl (C=O) groups excluding carboxylic acids is 1. The predicted molar refractivity (Wildman–Crippen MR) is 33.9 cm³/mol. The van der Waals surface area contributed by atoms with Gasteiger partial charge in [-0.05, 0) is 6.92 Å². The molecule has 0 rings (SSSR count). The Morgan fingerprint density at radius 1 is 1.89 bits per heavy atom. The number of nitrogens with zero attached hydrogens (tertiary/aromatic N) is 1. The quantitative estimate of drug-likeness (QED) is 0.323. The summed E-state index contributed by atoms with van der Waals surface area (Å²) in [7, 11) is 0. The van der Waals surface area contributed by atoms with Gasteiger partial charge < -0.3 is 4.90 Å². The van der Waals surface area contributed by atoms with Crippen LogP contribution in [0.3, 0.4) is 0 Å². The molecule has 0 saturated heterocycles. The Hall–Kier alpha value is -0.860. The summed E-state index contributed by atoms with van der Waals surface area (Å²) >= 11 is 0. The average molecular weight is 131 g/mol. The van der Waals surface area contributed by atoms with Crippen LogP contribution in [0, 0.1) is 0 Å². The lowest BCUT2D eigenvalue weighted by Gasteiger charge is -2.11. The highest BCUT2D eigenvalue weighted by molar-refractivity contribution is 5.66. The molecule has 1 amide bonds. The first-order chi connectivity index (χ1) is 4.22. The third-order valence-electron chi connectivity index (χ3n) is 0.980. The van der Waals surface area contributed by atoms with Crippen molar-refractivity contribution in [3.05, 3.63) is 12.7 Å². The van der Waals surface area contributed by atoms with E-state index in [1.165, 1.54) is 6.08 Å². The van der Waals surface area contributed by atoms with Crippen molar-refractivity contribution in [2.24, 2.45) is 0 Å². The van der Waals surface area contributed by atoms with Gasteiger partial charge in [0.2, 0.25) is 0 Å². The van der Waals surface area contributed by atoms with Gasteiger partial charge in [0.1, 0.15) is 0 Å². The van der Waals surface area contributed by atoms with Crippen LogP contribution in [0.15, 0.2) is 12.7 Å². The molecule has 0 bridgehead atoms. The predicted octanol–water partition coefficient (Wildman–Crippen LogP) is 1.58.